The number of aliphatic hydroxyl groups is 3. The van der Waals surface area contributed by atoms with Gasteiger partial charge in [-0.3, -0.25) is 4.84 Å². The minimum absolute atomic E-state index is 0.248. The number of piperidine rings is 1. The first-order chi connectivity index (χ1) is 6.15. The standard InChI is InChI=1S/C8H17NO4/c1-2-3-13-9-4-6(10)8(12)7(11)5-9/h6-8,10-12H,2-5H2,1H3/t6-,7-/m1/s1. The fourth-order valence-corrected chi connectivity index (χ4v) is 1.29. The van der Waals surface area contributed by atoms with E-state index >= 15 is 0 Å². The molecule has 0 amide bonds. The van der Waals surface area contributed by atoms with Crippen molar-refractivity contribution >= 4 is 0 Å². The van der Waals surface area contributed by atoms with E-state index in [0.717, 1.165) is 6.42 Å². The molecular weight excluding hydrogens is 174 g/mol. The summed E-state index contributed by atoms with van der Waals surface area (Å²) in [7, 11) is 0. The molecule has 0 aromatic heterocycles. The third kappa shape index (κ3) is 2.89. The monoisotopic (exact) mass is 191 g/mol. The zero-order valence-corrected chi connectivity index (χ0v) is 7.76. The molecule has 1 rings (SSSR count). The Morgan fingerprint density at radius 2 is 1.77 bits per heavy atom. The van der Waals surface area contributed by atoms with Gasteiger partial charge in [0, 0.05) is 0 Å². The van der Waals surface area contributed by atoms with Crippen LogP contribution in [-0.2, 0) is 4.84 Å². The summed E-state index contributed by atoms with van der Waals surface area (Å²) in [6.45, 7) is 3.04. The van der Waals surface area contributed by atoms with E-state index in [-0.39, 0.29) is 13.1 Å². The minimum atomic E-state index is -1.05. The molecule has 0 aromatic rings. The Hall–Kier alpha value is -0.200. The van der Waals surface area contributed by atoms with E-state index in [4.69, 9.17) is 4.84 Å². The van der Waals surface area contributed by atoms with Gasteiger partial charge in [0.1, 0.15) is 6.10 Å². The zero-order chi connectivity index (χ0) is 9.84. The molecule has 0 radical (unpaired) electrons. The predicted molar refractivity (Wildman–Crippen MR) is 45.8 cm³/mol. The first-order valence-corrected chi connectivity index (χ1v) is 4.57. The maximum atomic E-state index is 9.29. The van der Waals surface area contributed by atoms with Crippen LogP contribution >= 0.6 is 0 Å². The molecule has 0 saturated carbocycles. The Kier molecular flexibility index (Phi) is 4.08. The SMILES string of the molecule is CCCON1C[C@@H](O)C(O)[C@H](O)C1. The first kappa shape index (κ1) is 10.9. The highest BCUT2D eigenvalue weighted by Crippen LogP contribution is 2.11. The molecule has 1 saturated heterocycles. The highest BCUT2D eigenvalue weighted by Gasteiger charge is 2.33. The fraction of sp³-hybridized carbons (Fsp3) is 1.00. The lowest BCUT2D eigenvalue weighted by Gasteiger charge is -2.35. The van der Waals surface area contributed by atoms with Gasteiger partial charge in [0.05, 0.1) is 31.9 Å². The summed E-state index contributed by atoms with van der Waals surface area (Å²) in [5.41, 5.74) is 0. The van der Waals surface area contributed by atoms with Crippen LogP contribution in [0.4, 0.5) is 0 Å². The molecule has 1 aliphatic rings. The molecule has 5 nitrogen and oxygen atoms in total. The lowest BCUT2D eigenvalue weighted by atomic mass is 10.0. The molecule has 0 aromatic carbocycles. The molecule has 0 spiro atoms. The maximum absolute atomic E-state index is 9.29. The third-order valence-corrected chi connectivity index (χ3v) is 2.05. The topological polar surface area (TPSA) is 73.2 Å². The van der Waals surface area contributed by atoms with Crippen LogP contribution in [0.3, 0.4) is 0 Å². The van der Waals surface area contributed by atoms with E-state index < -0.39 is 18.3 Å². The normalized spacial score (nSPS) is 32.3. The highest BCUT2D eigenvalue weighted by molar-refractivity contribution is 4.83. The van der Waals surface area contributed by atoms with Gasteiger partial charge in [0.15, 0.2) is 0 Å². The van der Waals surface area contributed by atoms with Gasteiger partial charge in [0.25, 0.3) is 0 Å². The first-order valence-electron chi connectivity index (χ1n) is 4.57. The van der Waals surface area contributed by atoms with E-state index in [1.165, 1.54) is 5.06 Å². The maximum Gasteiger partial charge on any atom is 0.108 e. The van der Waals surface area contributed by atoms with Crippen LogP contribution in [0.2, 0.25) is 0 Å². The summed E-state index contributed by atoms with van der Waals surface area (Å²) >= 11 is 0. The Morgan fingerprint density at radius 3 is 2.23 bits per heavy atom. The van der Waals surface area contributed by atoms with E-state index in [2.05, 4.69) is 0 Å². The molecular formula is C8H17NO4. The molecule has 1 aliphatic heterocycles. The number of rotatable bonds is 3. The number of β-amino-alcohol motifs (C(OH)–C–C–N with tert-alkyl or cyclic N) is 2. The number of aliphatic hydroxyl groups excluding tert-OH is 3. The lowest BCUT2D eigenvalue weighted by Crippen LogP contribution is -2.55. The summed E-state index contributed by atoms with van der Waals surface area (Å²) in [5, 5.41) is 29.3. The quantitative estimate of drug-likeness (QED) is 0.518. The number of hydroxylamine groups is 2. The molecule has 13 heavy (non-hydrogen) atoms. The van der Waals surface area contributed by atoms with Crippen molar-refractivity contribution in [3.05, 3.63) is 0 Å². The van der Waals surface area contributed by atoms with Gasteiger partial charge >= 0.3 is 0 Å². The molecule has 5 heteroatoms. The van der Waals surface area contributed by atoms with Crippen molar-refractivity contribution in [2.24, 2.45) is 0 Å². The summed E-state index contributed by atoms with van der Waals surface area (Å²) in [6, 6.07) is 0. The van der Waals surface area contributed by atoms with Crippen molar-refractivity contribution in [3.8, 4) is 0 Å². The van der Waals surface area contributed by atoms with Crippen LogP contribution < -0.4 is 0 Å². The van der Waals surface area contributed by atoms with Gasteiger partial charge in [-0.25, -0.2) is 0 Å². The lowest BCUT2D eigenvalue weighted by molar-refractivity contribution is -0.232. The Morgan fingerprint density at radius 1 is 1.23 bits per heavy atom. The van der Waals surface area contributed by atoms with Crippen LogP contribution in [0.5, 0.6) is 0 Å². The Balaban J connectivity index is 2.35. The van der Waals surface area contributed by atoms with Crippen LogP contribution in [0, 0.1) is 0 Å². The van der Waals surface area contributed by atoms with Gasteiger partial charge < -0.3 is 15.3 Å². The molecule has 0 unspecified atom stereocenters. The summed E-state index contributed by atoms with van der Waals surface area (Å²) in [5.74, 6) is 0. The second-order valence-corrected chi connectivity index (χ2v) is 3.31. The largest absolute Gasteiger partial charge is 0.389 e. The molecule has 0 aliphatic carbocycles. The van der Waals surface area contributed by atoms with Gasteiger partial charge in [-0.15, -0.1) is 0 Å². The summed E-state index contributed by atoms with van der Waals surface area (Å²) < 4.78 is 0. The Bertz CT molecular complexity index is 143. The van der Waals surface area contributed by atoms with E-state index in [1.54, 1.807) is 0 Å². The zero-order valence-electron chi connectivity index (χ0n) is 7.76. The van der Waals surface area contributed by atoms with Crippen molar-refractivity contribution < 1.29 is 20.2 Å². The average Bonchev–Trinajstić information content (AvgIpc) is 2.10. The molecule has 2 atom stereocenters. The summed E-state index contributed by atoms with van der Waals surface area (Å²) in [4.78, 5) is 5.22. The van der Waals surface area contributed by atoms with E-state index in [0.29, 0.717) is 6.61 Å². The summed E-state index contributed by atoms with van der Waals surface area (Å²) in [6.07, 6.45) is -2.03. The smallest absolute Gasteiger partial charge is 0.108 e. The molecule has 1 heterocycles. The predicted octanol–water partition coefficient (Wildman–Crippen LogP) is -1.27. The molecule has 3 N–H and O–H groups in total. The highest BCUT2D eigenvalue weighted by atomic mass is 16.7. The number of hydrogen-bond donors (Lipinski definition) is 3. The molecule has 0 bridgehead atoms. The number of nitrogens with zero attached hydrogens (tertiary/aromatic N) is 1. The number of hydrogen-bond acceptors (Lipinski definition) is 5. The third-order valence-electron chi connectivity index (χ3n) is 2.05. The minimum Gasteiger partial charge on any atom is -0.389 e. The van der Waals surface area contributed by atoms with E-state index in [1.807, 2.05) is 6.92 Å². The fourth-order valence-electron chi connectivity index (χ4n) is 1.29. The van der Waals surface area contributed by atoms with Gasteiger partial charge in [-0.1, -0.05) is 6.92 Å². The van der Waals surface area contributed by atoms with Crippen molar-refractivity contribution in [2.75, 3.05) is 19.7 Å². The van der Waals surface area contributed by atoms with Crippen LogP contribution in [0.15, 0.2) is 0 Å². The van der Waals surface area contributed by atoms with Crippen LogP contribution in [-0.4, -0.2) is 58.4 Å². The second kappa shape index (κ2) is 4.88. The second-order valence-electron chi connectivity index (χ2n) is 3.31. The van der Waals surface area contributed by atoms with Crippen molar-refractivity contribution in [1.82, 2.24) is 5.06 Å². The van der Waals surface area contributed by atoms with Crippen molar-refractivity contribution in [3.63, 3.8) is 0 Å². The van der Waals surface area contributed by atoms with Gasteiger partial charge in [0.2, 0.25) is 0 Å². The average molecular weight is 191 g/mol. The Labute approximate surface area is 77.5 Å². The van der Waals surface area contributed by atoms with Gasteiger partial charge in [-0.05, 0) is 6.42 Å². The van der Waals surface area contributed by atoms with E-state index in [9.17, 15) is 15.3 Å². The van der Waals surface area contributed by atoms with Crippen molar-refractivity contribution in [2.45, 2.75) is 31.7 Å². The van der Waals surface area contributed by atoms with Crippen molar-refractivity contribution in [1.29, 1.82) is 0 Å². The van der Waals surface area contributed by atoms with Crippen LogP contribution in [0.25, 0.3) is 0 Å². The van der Waals surface area contributed by atoms with Crippen LogP contribution in [0.1, 0.15) is 13.3 Å². The molecule has 1 fully saturated rings. The molecule has 78 valence electrons. The van der Waals surface area contributed by atoms with Gasteiger partial charge in [-0.2, -0.15) is 5.06 Å².